The summed E-state index contributed by atoms with van der Waals surface area (Å²) in [4.78, 5) is 0. The number of hydrogen-bond acceptors (Lipinski definition) is 3. The lowest BCUT2D eigenvalue weighted by atomic mass is 9.96. The Bertz CT molecular complexity index is 690. The average Bonchev–Trinajstić information content (AvgIpc) is 2.86. The summed E-state index contributed by atoms with van der Waals surface area (Å²) in [6, 6.07) is 8.69. The molecule has 3 saturated carbocycles. The molecule has 5 unspecified atom stereocenters. The number of benzene rings is 1. The van der Waals surface area contributed by atoms with Crippen LogP contribution in [0.15, 0.2) is 28.7 Å². The largest absolute Gasteiger partial charge is 0.459 e. The number of hydrazine groups is 1. The van der Waals surface area contributed by atoms with Crippen molar-refractivity contribution >= 4 is 11.0 Å². The van der Waals surface area contributed by atoms with E-state index in [1.165, 1.54) is 30.2 Å². The van der Waals surface area contributed by atoms with Gasteiger partial charge in [0.15, 0.2) is 0 Å². The molecule has 3 fully saturated rings. The van der Waals surface area contributed by atoms with Crippen LogP contribution in [0.3, 0.4) is 0 Å². The maximum absolute atomic E-state index is 6.17. The molecule has 5 rings (SSSR count). The molecule has 21 heavy (non-hydrogen) atoms. The highest BCUT2D eigenvalue weighted by Crippen LogP contribution is 2.72. The third-order valence-electron chi connectivity index (χ3n) is 6.43. The first-order valence-corrected chi connectivity index (χ1v) is 8.23. The Morgan fingerprint density at radius 2 is 2.00 bits per heavy atom. The molecule has 3 N–H and O–H groups in total. The Kier molecular flexibility index (Phi) is 2.40. The third-order valence-corrected chi connectivity index (χ3v) is 6.43. The van der Waals surface area contributed by atoms with Crippen molar-refractivity contribution in [2.45, 2.75) is 32.2 Å². The van der Waals surface area contributed by atoms with Crippen LogP contribution in [0, 0.1) is 36.5 Å². The quantitative estimate of drug-likeness (QED) is 0.669. The second-order valence-corrected chi connectivity index (χ2v) is 7.35. The first kappa shape index (κ1) is 12.2. The lowest BCUT2D eigenvalue weighted by Gasteiger charge is -2.17. The van der Waals surface area contributed by atoms with Gasteiger partial charge >= 0.3 is 0 Å². The minimum atomic E-state index is 0.190. The van der Waals surface area contributed by atoms with Gasteiger partial charge in [-0.25, -0.2) is 5.43 Å². The van der Waals surface area contributed by atoms with Crippen LogP contribution in [0.2, 0.25) is 0 Å². The molecule has 0 saturated heterocycles. The summed E-state index contributed by atoms with van der Waals surface area (Å²) < 4.78 is 6.17. The molecule has 3 aliphatic carbocycles. The molecular weight excluding hydrogens is 260 g/mol. The molecule has 3 nitrogen and oxygen atoms in total. The Hall–Kier alpha value is -1.32. The van der Waals surface area contributed by atoms with Crippen LogP contribution < -0.4 is 11.3 Å². The number of rotatable bonds is 3. The van der Waals surface area contributed by atoms with Crippen molar-refractivity contribution in [3.8, 4) is 0 Å². The van der Waals surface area contributed by atoms with Crippen molar-refractivity contribution in [3.05, 3.63) is 35.6 Å². The highest BCUT2D eigenvalue weighted by molar-refractivity contribution is 5.81. The van der Waals surface area contributed by atoms with Gasteiger partial charge in [0, 0.05) is 5.39 Å². The summed E-state index contributed by atoms with van der Waals surface area (Å²) in [5.41, 5.74) is 5.28. The summed E-state index contributed by atoms with van der Waals surface area (Å²) in [7, 11) is 0. The van der Waals surface area contributed by atoms with Gasteiger partial charge in [0.05, 0.1) is 6.04 Å². The molecular formula is C18H22N2O. The van der Waals surface area contributed by atoms with Crippen molar-refractivity contribution in [1.29, 1.82) is 0 Å². The van der Waals surface area contributed by atoms with Gasteiger partial charge in [0.25, 0.3) is 0 Å². The zero-order valence-electron chi connectivity index (χ0n) is 12.4. The molecule has 0 spiro atoms. The van der Waals surface area contributed by atoms with Crippen molar-refractivity contribution in [3.63, 3.8) is 0 Å². The van der Waals surface area contributed by atoms with Crippen molar-refractivity contribution in [1.82, 2.24) is 5.43 Å². The number of fused-ring (bicyclic) bond motifs is 6. The second kappa shape index (κ2) is 4.11. The van der Waals surface area contributed by atoms with E-state index in [2.05, 4.69) is 36.6 Å². The van der Waals surface area contributed by atoms with Crippen LogP contribution in [-0.2, 0) is 0 Å². The van der Waals surface area contributed by atoms with E-state index in [9.17, 15) is 0 Å². The SMILES string of the molecule is Cc1cccc2cc(C(NN)C3C4C5CCC(C5)C43)oc12. The van der Waals surface area contributed by atoms with E-state index in [-0.39, 0.29) is 6.04 Å². The molecule has 5 atom stereocenters. The number of para-hydroxylation sites is 1. The van der Waals surface area contributed by atoms with Crippen LogP contribution in [0.25, 0.3) is 11.0 Å². The van der Waals surface area contributed by atoms with Crippen molar-refractivity contribution in [2.75, 3.05) is 0 Å². The molecule has 2 aromatic rings. The van der Waals surface area contributed by atoms with Crippen molar-refractivity contribution in [2.24, 2.45) is 35.4 Å². The van der Waals surface area contributed by atoms with E-state index in [0.29, 0.717) is 5.92 Å². The number of furan rings is 1. The van der Waals surface area contributed by atoms with Gasteiger partial charge in [-0.2, -0.15) is 0 Å². The van der Waals surface area contributed by atoms with Gasteiger partial charge in [0.2, 0.25) is 0 Å². The maximum atomic E-state index is 6.17. The van der Waals surface area contributed by atoms with Gasteiger partial charge in [-0.3, -0.25) is 5.84 Å². The van der Waals surface area contributed by atoms with Crippen molar-refractivity contribution < 1.29 is 4.42 Å². The minimum Gasteiger partial charge on any atom is -0.459 e. The molecule has 2 bridgehead atoms. The summed E-state index contributed by atoms with van der Waals surface area (Å²) in [5.74, 6) is 11.4. The predicted molar refractivity (Wildman–Crippen MR) is 82.3 cm³/mol. The van der Waals surface area contributed by atoms with Crippen LogP contribution >= 0.6 is 0 Å². The number of aryl methyl sites for hydroxylation is 1. The van der Waals surface area contributed by atoms with E-state index in [4.69, 9.17) is 10.3 Å². The summed E-state index contributed by atoms with van der Waals surface area (Å²) in [6.45, 7) is 2.10. The lowest BCUT2D eigenvalue weighted by molar-refractivity contribution is 0.333. The Balaban J connectivity index is 1.51. The first-order valence-electron chi connectivity index (χ1n) is 8.23. The fraction of sp³-hybridized carbons (Fsp3) is 0.556. The molecule has 3 heteroatoms. The summed E-state index contributed by atoms with van der Waals surface area (Å²) in [6.07, 6.45) is 4.36. The van der Waals surface area contributed by atoms with E-state index in [1.54, 1.807) is 0 Å². The van der Waals surface area contributed by atoms with E-state index < -0.39 is 0 Å². The van der Waals surface area contributed by atoms with Crippen LogP contribution in [0.4, 0.5) is 0 Å². The number of nitrogens with two attached hydrogens (primary N) is 1. The molecule has 1 aromatic carbocycles. The maximum Gasteiger partial charge on any atom is 0.137 e. The number of hydrogen-bond donors (Lipinski definition) is 2. The first-order chi connectivity index (χ1) is 10.3. The van der Waals surface area contributed by atoms with Gasteiger partial charge < -0.3 is 4.42 Å². The Labute approximate surface area is 124 Å². The van der Waals surface area contributed by atoms with Crippen LogP contribution in [0.5, 0.6) is 0 Å². The standard InChI is InChI=1S/C18H22N2O/c1-9-3-2-4-12-8-13(21-18(9)12)17(20-19)16-14-10-5-6-11(7-10)15(14)16/h2-4,8,10-11,14-17,20H,5-7,19H2,1H3. The highest BCUT2D eigenvalue weighted by Gasteiger charge is 2.67. The fourth-order valence-electron chi connectivity index (χ4n) is 5.60. The highest BCUT2D eigenvalue weighted by atomic mass is 16.3. The summed E-state index contributed by atoms with van der Waals surface area (Å²) >= 11 is 0. The molecule has 110 valence electrons. The average molecular weight is 282 g/mol. The number of nitrogens with one attached hydrogen (secondary N) is 1. The fourth-order valence-corrected chi connectivity index (χ4v) is 5.60. The summed E-state index contributed by atoms with van der Waals surface area (Å²) in [5, 5.41) is 1.19. The third kappa shape index (κ3) is 1.56. The normalized spacial score (nSPS) is 37.9. The predicted octanol–water partition coefficient (Wildman–Crippen LogP) is 3.54. The molecule has 1 aromatic heterocycles. The zero-order valence-corrected chi connectivity index (χ0v) is 12.4. The molecule has 0 aliphatic heterocycles. The Morgan fingerprint density at radius 3 is 2.67 bits per heavy atom. The lowest BCUT2D eigenvalue weighted by Crippen LogP contribution is -2.31. The molecule has 1 heterocycles. The topological polar surface area (TPSA) is 51.2 Å². The zero-order chi connectivity index (χ0) is 14.1. The van der Waals surface area contributed by atoms with Gasteiger partial charge in [-0.05, 0) is 67.4 Å². The van der Waals surface area contributed by atoms with E-state index >= 15 is 0 Å². The minimum absolute atomic E-state index is 0.190. The smallest absolute Gasteiger partial charge is 0.137 e. The van der Waals surface area contributed by atoms with Crippen LogP contribution in [-0.4, -0.2) is 0 Å². The second-order valence-electron chi connectivity index (χ2n) is 7.35. The van der Waals surface area contributed by atoms with E-state index in [0.717, 1.165) is 35.0 Å². The molecule has 3 aliphatic rings. The van der Waals surface area contributed by atoms with Gasteiger partial charge in [0.1, 0.15) is 11.3 Å². The Morgan fingerprint density at radius 1 is 1.24 bits per heavy atom. The molecule has 0 amide bonds. The van der Waals surface area contributed by atoms with Gasteiger partial charge in [-0.15, -0.1) is 0 Å². The monoisotopic (exact) mass is 282 g/mol. The van der Waals surface area contributed by atoms with E-state index in [1.807, 2.05) is 0 Å². The van der Waals surface area contributed by atoms with Crippen LogP contribution in [0.1, 0.15) is 36.6 Å². The molecule has 0 radical (unpaired) electrons. The van der Waals surface area contributed by atoms with Gasteiger partial charge in [-0.1, -0.05) is 18.2 Å².